The number of methoxy groups -OCH3 is 3. The number of aryl methyl sites for hydroxylation is 1. The first-order valence-corrected chi connectivity index (χ1v) is 11.2. The Morgan fingerprint density at radius 1 is 0.935 bits per heavy atom. The number of hydrogen-bond acceptors (Lipinski definition) is 6. The molecule has 0 aliphatic rings. The van der Waals surface area contributed by atoms with Crippen LogP contribution in [-0.2, 0) is 17.1 Å². The zero-order valence-corrected chi connectivity index (χ0v) is 19.6. The standard InChI is InChI=1S/C22H29N3O5S/c1-23(2)11-12-25(19-15-24(3)18-10-8-7-9-17(18)19)31(26,27)16-13-20(28-4)22(30-6)21(14-16)29-5/h7-10,13-15H,11-12H2,1-6H3. The van der Waals surface area contributed by atoms with E-state index >= 15 is 0 Å². The summed E-state index contributed by atoms with van der Waals surface area (Å²) in [5.74, 6) is 0.908. The van der Waals surface area contributed by atoms with Gasteiger partial charge < -0.3 is 23.7 Å². The largest absolute Gasteiger partial charge is 0.493 e. The summed E-state index contributed by atoms with van der Waals surface area (Å²) in [7, 11) is 6.19. The van der Waals surface area contributed by atoms with Crippen molar-refractivity contribution < 1.29 is 22.6 Å². The molecule has 0 bridgehead atoms. The second kappa shape index (κ2) is 9.07. The molecule has 0 atom stereocenters. The highest BCUT2D eigenvalue weighted by atomic mass is 32.2. The molecule has 0 saturated heterocycles. The Hall–Kier alpha value is -2.91. The third kappa shape index (κ3) is 4.28. The SMILES string of the molecule is COc1cc(S(=O)(=O)N(CCN(C)C)c2cn(C)c3ccccc23)cc(OC)c1OC. The summed E-state index contributed by atoms with van der Waals surface area (Å²) in [6.45, 7) is 0.826. The predicted molar refractivity (Wildman–Crippen MR) is 122 cm³/mol. The molecule has 8 nitrogen and oxygen atoms in total. The minimum atomic E-state index is -3.94. The van der Waals surface area contributed by atoms with Crippen molar-refractivity contribution >= 4 is 26.6 Å². The lowest BCUT2D eigenvalue weighted by atomic mass is 10.2. The predicted octanol–water partition coefficient (Wildman–Crippen LogP) is 2.96. The lowest BCUT2D eigenvalue weighted by molar-refractivity contribution is 0.323. The van der Waals surface area contributed by atoms with Gasteiger partial charge in [-0.25, -0.2) is 8.42 Å². The van der Waals surface area contributed by atoms with Gasteiger partial charge in [0, 0.05) is 49.4 Å². The molecular formula is C22H29N3O5S. The van der Waals surface area contributed by atoms with Gasteiger partial charge in [0.1, 0.15) is 0 Å². The monoisotopic (exact) mass is 447 g/mol. The fraction of sp³-hybridized carbons (Fsp3) is 0.364. The van der Waals surface area contributed by atoms with E-state index in [0.717, 1.165) is 10.9 Å². The fourth-order valence-electron chi connectivity index (χ4n) is 3.51. The number of rotatable bonds is 9. The van der Waals surface area contributed by atoms with Gasteiger partial charge in [-0.2, -0.15) is 0 Å². The number of likely N-dealkylation sites (N-methyl/N-ethyl adjacent to an activating group) is 1. The number of anilines is 1. The maximum Gasteiger partial charge on any atom is 0.264 e. The molecule has 0 amide bonds. The first-order valence-electron chi connectivity index (χ1n) is 9.76. The zero-order valence-electron chi connectivity index (χ0n) is 18.7. The van der Waals surface area contributed by atoms with E-state index in [0.29, 0.717) is 18.0 Å². The maximum absolute atomic E-state index is 13.9. The molecule has 0 unspecified atom stereocenters. The highest BCUT2D eigenvalue weighted by Crippen LogP contribution is 2.41. The van der Waals surface area contributed by atoms with E-state index in [1.54, 1.807) is 0 Å². The Morgan fingerprint density at radius 2 is 1.55 bits per heavy atom. The van der Waals surface area contributed by atoms with Crippen molar-refractivity contribution in [3.05, 3.63) is 42.6 Å². The van der Waals surface area contributed by atoms with Crippen molar-refractivity contribution in [2.75, 3.05) is 52.8 Å². The van der Waals surface area contributed by atoms with Gasteiger partial charge in [0.15, 0.2) is 11.5 Å². The van der Waals surface area contributed by atoms with Gasteiger partial charge >= 0.3 is 0 Å². The lowest BCUT2D eigenvalue weighted by Gasteiger charge is -2.26. The first kappa shape index (κ1) is 22.8. The number of ether oxygens (including phenoxy) is 3. The van der Waals surface area contributed by atoms with Gasteiger partial charge in [-0.3, -0.25) is 4.31 Å². The van der Waals surface area contributed by atoms with Gasteiger partial charge in [0.2, 0.25) is 5.75 Å². The number of aromatic nitrogens is 1. The summed E-state index contributed by atoms with van der Waals surface area (Å²) in [4.78, 5) is 2.01. The van der Waals surface area contributed by atoms with Crippen LogP contribution in [0.4, 0.5) is 5.69 Å². The van der Waals surface area contributed by atoms with E-state index in [-0.39, 0.29) is 22.9 Å². The summed E-state index contributed by atoms with van der Waals surface area (Å²) >= 11 is 0. The van der Waals surface area contributed by atoms with E-state index in [1.807, 2.05) is 61.1 Å². The highest BCUT2D eigenvalue weighted by molar-refractivity contribution is 7.92. The smallest absolute Gasteiger partial charge is 0.264 e. The molecule has 0 aliphatic carbocycles. The topological polar surface area (TPSA) is 73.2 Å². The van der Waals surface area contributed by atoms with Crippen LogP contribution in [0.3, 0.4) is 0 Å². The van der Waals surface area contributed by atoms with Crippen molar-refractivity contribution in [3.63, 3.8) is 0 Å². The van der Waals surface area contributed by atoms with E-state index in [9.17, 15) is 8.42 Å². The van der Waals surface area contributed by atoms with Crippen molar-refractivity contribution in [2.45, 2.75) is 4.90 Å². The van der Waals surface area contributed by atoms with Gasteiger partial charge in [0.25, 0.3) is 10.0 Å². The van der Waals surface area contributed by atoms with Crippen molar-refractivity contribution in [1.29, 1.82) is 0 Å². The average Bonchev–Trinajstić information content (AvgIpc) is 3.08. The number of sulfonamides is 1. The molecule has 9 heteroatoms. The molecule has 0 fully saturated rings. The van der Waals surface area contributed by atoms with Crippen LogP contribution in [0.25, 0.3) is 10.9 Å². The molecule has 1 heterocycles. The molecule has 0 spiro atoms. The molecular weight excluding hydrogens is 418 g/mol. The van der Waals surface area contributed by atoms with Crippen molar-refractivity contribution in [1.82, 2.24) is 9.47 Å². The van der Waals surface area contributed by atoms with E-state index in [2.05, 4.69) is 0 Å². The zero-order chi connectivity index (χ0) is 22.8. The summed E-state index contributed by atoms with van der Waals surface area (Å²) in [6, 6.07) is 10.7. The second-order valence-corrected chi connectivity index (χ2v) is 9.25. The third-order valence-corrected chi connectivity index (χ3v) is 6.91. The van der Waals surface area contributed by atoms with Crippen LogP contribution >= 0.6 is 0 Å². The van der Waals surface area contributed by atoms with Crippen LogP contribution in [0, 0.1) is 0 Å². The molecule has 0 aliphatic heterocycles. The first-order chi connectivity index (χ1) is 14.7. The summed E-state index contributed by atoms with van der Waals surface area (Å²) in [6.07, 6.45) is 1.84. The van der Waals surface area contributed by atoms with Gasteiger partial charge in [-0.1, -0.05) is 18.2 Å². The summed E-state index contributed by atoms with van der Waals surface area (Å²) in [5, 5.41) is 0.861. The average molecular weight is 448 g/mol. The molecule has 2 aromatic carbocycles. The molecule has 0 radical (unpaired) electrons. The number of benzene rings is 2. The Balaban J connectivity index is 2.21. The van der Waals surface area contributed by atoms with Crippen LogP contribution in [-0.4, -0.2) is 66.4 Å². The minimum Gasteiger partial charge on any atom is -0.493 e. The van der Waals surface area contributed by atoms with Crippen molar-refractivity contribution in [3.8, 4) is 17.2 Å². The van der Waals surface area contributed by atoms with Crippen LogP contribution in [0.5, 0.6) is 17.2 Å². The maximum atomic E-state index is 13.9. The van der Waals surface area contributed by atoms with E-state index < -0.39 is 10.0 Å². The molecule has 0 N–H and O–H groups in total. The number of fused-ring (bicyclic) bond motifs is 1. The van der Waals surface area contributed by atoms with Crippen LogP contribution in [0.2, 0.25) is 0 Å². The van der Waals surface area contributed by atoms with E-state index in [4.69, 9.17) is 14.2 Å². The lowest BCUT2D eigenvalue weighted by Crippen LogP contribution is -2.36. The van der Waals surface area contributed by atoms with Crippen LogP contribution in [0.15, 0.2) is 47.5 Å². The minimum absolute atomic E-state index is 0.0636. The van der Waals surface area contributed by atoms with Gasteiger partial charge in [0.05, 0.1) is 31.9 Å². The molecule has 3 rings (SSSR count). The number of hydrogen-bond donors (Lipinski definition) is 0. The highest BCUT2D eigenvalue weighted by Gasteiger charge is 2.30. The Morgan fingerprint density at radius 3 is 2.10 bits per heavy atom. The molecule has 3 aromatic rings. The third-order valence-electron chi connectivity index (χ3n) is 5.12. The van der Waals surface area contributed by atoms with E-state index in [1.165, 1.54) is 37.8 Å². The molecule has 0 saturated carbocycles. The summed E-state index contributed by atoms with van der Waals surface area (Å²) in [5.41, 5.74) is 1.57. The summed E-state index contributed by atoms with van der Waals surface area (Å²) < 4.78 is 47.2. The molecule has 168 valence electrons. The Bertz CT molecular complexity index is 1150. The van der Waals surface area contributed by atoms with Gasteiger partial charge in [-0.15, -0.1) is 0 Å². The number of para-hydroxylation sites is 1. The van der Waals surface area contributed by atoms with Gasteiger partial charge in [-0.05, 0) is 20.2 Å². The molecule has 1 aromatic heterocycles. The Labute approximate surface area is 183 Å². The van der Waals surface area contributed by atoms with Crippen LogP contribution < -0.4 is 18.5 Å². The fourth-order valence-corrected chi connectivity index (χ4v) is 5.01. The molecule has 31 heavy (non-hydrogen) atoms. The quantitative estimate of drug-likeness (QED) is 0.502. The van der Waals surface area contributed by atoms with Crippen molar-refractivity contribution in [2.24, 2.45) is 7.05 Å². The van der Waals surface area contributed by atoms with Crippen LogP contribution in [0.1, 0.15) is 0 Å². The second-order valence-electron chi connectivity index (χ2n) is 7.38. The normalized spacial score (nSPS) is 11.7. The number of nitrogens with zero attached hydrogens (tertiary/aromatic N) is 3. The Kier molecular flexibility index (Phi) is 6.66.